The second-order valence-corrected chi connectivity index (χ2v) is 9.20. The van der Waals surface area contributed by atoms with Crippen LogP contribution in [-0.2, 0) is 4.79 Å². The number of allylic oxidation sites excluding steroid dienone is 1. The topological polar surface area (TPSA) is 112 Å². The van der Waals surface area contributed by atoms with Crippen LogP contribution in [0.1, 0.15) is 41.1 Å². The molecule has 2 heterocycles. The van der Waals surface area contributed by atoms with E-state index in [1.807, 2.05) is 12.1 Å². The van der Waals surface area contributed by atoms with E-state index in [2.05, 4.69) is 31.2 Å². The number of nitrogens with zero attached hydrogens (tertiary/aromatic N) is 4. The summed E-state index contributed by atoms with van der Waals surface area (Å²) in [4.78, 5) is 34.7. The molecule has 2 amide bonds. The van der Waals surface area contributed by atoms with Crippen LogP contribution in [0, 0.1) is 5.82 Å². The summed E-state index contributed by atoms with van der Waals surface area (Å²) in [6, 6.07) is 14.9. The minimum Gasteiger partial charge on any atom is -0.340 e. The molecule has 0 saturated heterocycles. The zero-order valence-electron chi connectivity index (χ0n) is 20.6. The van der Waals surface area contributed by atoms with E-state index < -0.39 is 6.04 Å². The third kappa shape index (κ3) is 6.27. The number of hydrazone groups is 1. The summed E-state index contributed by atoms with van der Waals surface area (Å²) in [5.41, 5.74) is 4.99. The summed E-state index contributed by atoms with van der Waals surface area (Å²) >= 11 is 0. The number of hydrogen-bond donors (Lipinski definition) is 3. The second kappa shape index (κ2) is 11.7. The summed E-state index contributed by atoms with van der Waals surface area (Å²) < 4.78 is 13.2. The molecule has 1 aliphatic heterocycles. The third-order valence-corrected chi connectivity index (χ3v) is 6.54. The van der Waals surface area contributed by atoms with Crippen molar-refractivity contribution in [3.63, 3.8) is 0 Å². The fourth-order valence-corrected chi connectivity index (χ4v) is 4.40. The maximum atomic E-state index is 13.2. The number of aromatic nitrogens is 2. The average molecular weight is 514 g/mol. The van der Waals surface area contributed by atoms with Gasteiger partial charge in [0.05, 0.1) is 6.21 Å². The van der Waals surface area contributed by atoms with Gasteiger partial charge in [0, 0.05) is 41.7 Å². The Hall–Kier alpha value is -4.44. The van der Waals surface area contributed by atoms with E-state index in [0.29, 0.717) is 42.7 Å². The van der Waals surface area contributed by atoms with Crippen molar-refractivity contribution >= 4 is 18.0 Å². The molecule has 0 radical (unpaired) electrons. The number of carbonyl (C=O) groups excluding carboxylic acids is 2. The van der Waals surface area contributed by atoms with Crippen LogP contribution in [0.25, 0.3) is 11.4 Å². The van der Waals surface area contributed by atoms with Gasteiger partial charge in [-0.05, 0) is 67.8 Å². The van der Waals surface area contributed by atoms with Gasteiger partial charge < -0.3 is 10.6 Å². The number of amides is 2. The van der Waals surface area contributed by atoms with Gasteiger partial charge in [-0.3, -0.25) is 9.59 Å². The fourth-order valence-electron chi connectivity index (χ4n) is 4.40. The number of rotatable bonds is 10. The highest BCUT2D eigenvalue weighted by Crippen LogP contribution is 2.40. The Morgan fingerprint density at radius 3 is 2.55 bits per heavy atom. The van der Waals surface area contributed by atoms with E-state index in [1.165, 1.54) is 23.4 Å². The zero-order chi connectivity index (χ0) is 26.3. The Bertz CT molecular complexity index is 1310. The van der Waals surface area contributed by atoms with Crippen molar-refractivity contribution in [2.24, 2.45) is 5.10 Å². The van der Waals surface area contributed by atoms with Crippen LogP contribution in [0.15, 0.2) is 84.4 Å². The van der Waals surface area contributed by atoms with Gasteiger partial charge in [-0.2, -0.15) is 5.10 Å². The number of benzene rings is 2. The molecule has 1 aliphatic carbocycles. The van der Waals surface area contributed by atoms with Crippen molar-refractivity contribution in [1.82, 2.24) is 31.1 Å². The van der Waals surface area contributed by atoms with Gasteiger partial charge in [-0.25, -0.2) is 24.9 Å². The Morgan fingerprint density at radius 1 is 1.08 bits per heavy atom. The van der Waals surface area contributed by atoms with Gasteiger partial charge >= 0.3 is 0 Å². The smallest absolute Gasteiger partial charge is 0.268 e. The molecule has 3 N–H and O–H groups in total. The predicted molar refractivity (Wildman–Crippen MR) is 141 cm³/mol. The maximum absolute atomic E-state index is 13.2. The highest BCUT2D eigenvalue weighted by atomic mass is 19.1. The molecule has 1 aromatic heterocycles. The number of carbonyl (C=O) groups is 2. The zero-order valence-corrected chi connectivity index (χ0v) is 20.6. The lowest BCUT2D eigenvalue weighted by Crippen LogP contribution is -2.50. The average Bonchev–Trinajstić information content (AvgIpc) is 3.75. The van der Waals surface area contributed by atoms with Crippen LogP contribution < -0.4 is 16.2 Å². The van der Waals surface area contributed by atoms with Crippen molar-refractivity contribution in [2.45, 2.75) is 37.3 Å². The van der Waals surface area contributed by atoms with Gasteiger partial charge in [0.2, 0.25) is 0 Å². The van der Waals surface area contributed by atoms with Gasteiger partial charge in [0.1, 0.15) is 11.9 Å². The number of halogens is 1. The predicted octanol–water partition coefficient (Wildman–Crippen LogP) is 3.15. The monoisotopic (exact) mass is 513 g/mol. The highest BCUT2D eigenvalue weighted by molar-refractivity contribution is 5.98. The molecule has 2 aromatic carbocycles. The number of hydrogen-bond acceptors (Lipinski definition) is 7. The molecule has 0 bridgehead atoms. The van der Waals surface area contributed by atoms with Crippen LogP contribution in [0.2, 0.25) is 0 Å². The van der Waals surface area contributed by atoms with Crippen molar-refractivity contribution < 1.29 is 14.0 Å². The van der Waals surface area contributed by atoms with Crippen LogP contribution in [-0.4, -0.2) is 51.6 Å². The molecule has 38 heavy (non-hydrogen) atoms. The van der Waals surface area contributed by atoms with Gasteiger partial charge in [-0.15, -0.1) is 0 Å². The molecule has 0 spiro atoms. The molecule has 0 unspecified atom stereocenters. The molecule has 2 aliphatic rings. The van der Waals surface area contributed by atoms with E-state index in [9.17, 15) is 14.0 Å². The third-order valence-electron chi connectivity index (χ3n) is 6.54. The summed E-state index contributed by atoms with van der Waals surface area (Å²) in [5.74, 6) is 0.0520. The van der Waals surface area contributed by atoms with Crippen molar-refractivity contribution in [2.75, 3.05) is 6.54 Å². The van der Waals surface area contributed by atoms with E-state index in [-0.39, 0.29) is 17.6 Å². The van der Waals surface area contributed by atoms with Gasteiger partial charge in [0.25, 0.3) is 11.8 Å². The lowest BCUT2D eigenvalue weighted by atomic mass is 10.1. The van der Waals surface area contributed by atoms with E-state index in [1.54, 1.807) is 55.0 Å². The molecule has 1 saturated carbocycles. The number of nitrogens with one attached hydrogen (secondary N) is 3. The molecule has 10 heteroatoms. The van der Waals surface area contributed by atoms with Crippen molar-refractivity contribution in [3.05, 3.63) is 96.2 Å². The molecule has 1 fully saturated rings. The summed E-state index contributed by atoms with van der Waals surface area (Å²) in [5, 5.41) is 11.5. The fraction of sp³-hybridized carbons (Fsp3) is 0.250. The summed E-state index contributed by atoms with van der Waals surface area (Å²) in [6.45, 7) is 0.690. The lowest BCUT2D eigenvalue weighted by Gasteiger charge is -2.25. The number of hydrazine groups is 1. The molecular weight excluding hydrogens is 485 g/mol. The van der Waals surface area contributed by atoms with E-state index in [4.69, 9.17) is 0 Å². The first kappa shape index (κ1) is 25.2. The molecule has 9 nitrogen and oxygen atoms in total. The Labute approximate surface area is 219 Å². The van der Waals surface area contributed by atoms with Crippen molar-refractivity contribution in [3.8, 4) is 11.4 Å². The Morgan fingerprint density at radius 2 is 1.84 bits per heavy atom. The Balaban J connectivity index is 1.17. The largest absolute Gasteiger partial charge is 0.340 e. The van der Waals surface area contributed by atoms with Crippen LogP contribution >= 0.6 is 0 Å². The Kier molecular flexibility index (Phi) is 7.79. The maximum Gasteiger partial charge on any atom is 0.268 e. The van der Waals surface area contributed by atoms with Crippen LogP contribution in [0.3, 0.4) is 0 Å². The SMILES string of the molecule is O=C(N[C@@H](CCCN[C@@H]1C[C@H]1c1ccc(F)cc1)C(=O)N1C=CC=NN1)c1ccc(-c2ncccn2)cc1. The highest BCUT2D eigenvalue weighted by Gasteiger charge is 2.37. The normalized spacial score (nSPS) is 18.5. The molecule has 3 aromatic rings. The van der Waals surface area contributed by atoms with Gasteiger partial charge in [-0.1, -0.05) is 24.3 Å². The molecular formula is C28H28FN7O2. The first-order chi connectivity index (χ1) is 18.6. The minimum atomic E-state index is -0.751. The second-order valence-electron chi connectivity index (χ2n) is 9.20. The summed E-state index contributed by atoms with van der Waals surface area (Å²) in [7, 11) is 0. The van der Waals surface area contributed by atoms with Crippen molar-refractivity contribution in [1.29, 1.82) is 0 Å². The van der Waals surface area contributed by atoms with Crippen LogP contribution in [0.5, 0.6) is 0 Å². The minimum absolute atomic E-state index is 0.235. The quantitative estimate of drug-likeness (QED) is 0.359. The first-order valence-corrected chi connectivity index (χ1v) is 12.5. The standard InChI is InChI=1S/C28H28FN7O2/c29-22-11-9-19(10-12-22)23-18-25(23)30-13-1-4-24(28(38)36-17-3-16-33-35-36)34-27(37)21-7-5-20(6-8-21)26-31-14-2-15-32-26/h2-3,5-12,14-17,23-25,30,35H,1,4,13,18H2,(H,34,37)/t23-,24-,25+/m0/s1. The first-order valence-electron chi connectivity index (χ1n) is 12.5. The molecule has 194 valence electrons. The van der Waals surface area contributed by atoms with E-state index >= 15 is 0 Å². The van der Waals surface area contributed by atoms with Crippen LogP contribution in [0.4, 0.5) is 4.39 Å². The van der Waals surface area contributed by atoms with Gasteiger partial charge in [0.15, 0.2) is 5.82 Å². The lowest BCUT2D eigenvalue weighted by molar-refractivity contribution is -0.133. The van der Waals surface area contributed by atoms with E-state index in [0.717, 1.165) is 17.5 Å². The molecule has 3 atom stereocenters. The summed E-state index contributed by atoms with van der Waals surface area (Å²) in [6.07, 6.45) is 10.2. The molecule has 5 rings (SSSR count).